The van der Waals surface area contributed by atoms with Crippen molar-refractivity contribution >= 4 is 11.9 Å². The smallest absolute Gasteiger partial charge is 0.344 e. The molecule has 1 unspecified atom stereocenters. The molecule has 0 spiro atoms. The number of hydrogen-bond donors (Lipinski definition) is 1. The lowest BCUT2D eigenvalue weighted by atomic mass is 9.87. The van der Waals surface area contributed by atoms with Gasteiger partial charge < -0.3 is 14.8 Å². The summed E-state index contributed by atoms with van der Waals surface area (Å²) in [7, 11) is 0. The monoisotopic (exact) mass is 335 g/mol. The average Bonchev–Trinajstić information content (AvgIpc) is 2.42. The molecule has 0 heterocycles. The van der Waals surface area contributed by atoms with E-state index in [4.69, 9.17) is 9.47 Å². The zero-order chi connectivity index (χ0) is 18.5. The summed E-state index contributed by atoms with van der Waals surface area (Å²) in [5.41, 5.74) is 0.876. The molecule has 1 atom stereocenters. The molecule has 0 aliphatic carbocycles. The lowest BCUT2D eigenvalue weighted by molar-refractivity contribution is -0.157. The molecule has 5 nitrogen and oxygen atoms in total. The third kappa shape index (κ3) is 7.02. The van der Waals surface area contributed by atoms with Crippen LogP contribution in [-0.2, 0) is 19.7 Å². The molecule has 1 amide bonds. The molecule has 0 bridgehead atoms. The van der Waals surface area contributed by atoms with E-state index >= 15 is 0 Å². The van der Waals surface area contributed by atoms with Crippen molar-refractivity contribution in [2.45, 2.75) is 65.5 Å². The first-order chi connectivity index (χ1) is 10.9. The standard InChI is InChI=1S/C19H29NO4/c1-13(17(22)20-19(5,6)7)24-16(21)12-23-15-10-8-14(9-11-15)18(2,3)4/h8-11,13H,12H2,1-7H3,(H,20,22). The molecule has 5 heteroatoms. The molecule has 1 N–H and O–H groups in total. The summed E-state index contributed by atoms with van der Waals surface area (Å²) in [6.07, 6.45) is -0.858. The van der Waals surface area contributed by atoms with Gasteiger partial charge in [0.2, 0.25) is 0 Å². The van der Waals surface area contributed by atoms with E-state index in [1.54, 1.807) is 0 Å². The number of esters is 1. The molecule has 1 aromatic rings. The van der Waals surface area contributed by atoms with Crippen molar-refractivity contribution in [3.63, 3.8) is 0 Å². The normalized spacial score (nSPS) is 13.1. The van der Waals surface area contributed by atoms with Crippen LogP contribution in [0.25, 0.3) is 0 Å². The Kier molecular flexibility index (Phi) is 6.41. The van der Waals surface area contributed by atoms with Crippen LogP contribution in [0.5, 0.6) is 5.75 Å². The Labute approximate surface area is 144 Å². The van der Waals surface area contributed by atoms with Crippen LogP contribution < -0.4 is 10.1 Å². The molecule has 1 aromatic carbocycles. The Morgan fingerprint density at radius 2 is 1.58 bits per heavy atom. The molecule has 24 heavy (non-hydrogen) atoms. The maximum atomic E-state index is 11.9. The van der Waals surface area contributed by atoms with E-state index < -0.39 is 12.1 Å². The second-order valence-electron chi connectivity index (χ2n) is 7.93. The predicted molar refractivity (Wildman–Crippen MR) is 94.1 cm³/mol. The summed E-state index contributed by atoms with van der Waals surface area (Å²) in [5, 5.41) is 2.76. The van der Waals surface area contributed by atoms with Crippen LogP contribution in [-0.4, -0.2) is 30.1 Å². The molecule has 0 saturated heterocycles. The number of carbonyl (C=O) groups is 2. The Morgan fingerprint density at radius 1 is 1.04 bits per heavy atom. The van der Waals surface area contributed by atoms with Gasteiger partial charge in [-0.25, -0.2) is 4.79 Å². The van der Waals surface area contributed by atoms with Gasteiger partial charge >= 0.3 is 5.97 Å². The average molecular weight is 335 g/mol. The van der Waals surface area contributed by atoms with Gasteiger partial charge in [-0.2, -0.15) is 0 Å². The van der Waals surface area contributed by atoms with Gasteiger partial charge in [0.05, 0.1) is 0 Å². The number of nitrogens with one attached hydrogen (secondary N) is 1. The molecule has 1 rings (SSSR count). The maximum Gasteiger partial charge on any atom is 0.344 e. The number of rotatable bonds is 5. The minimum absolute atomic E-state index is 0.0628. The molecule has 134 valence electrons. The van der Waals surface area contributed by atoms with Crippen LogP contribution in [0.2, 0.25) is 0 Å². The third-order valence-electron chi connectivity index (χ3n) is 3.25. The van der Waals surface area contributed by atoms with E-state index in [9.17, 15) is 9.59 Å². The fourth-order valence-corrected chi connectivity index (χ4v) is 1.95. The highest BCUT2D eigenvalue weighted by atomic mass is 16.6. The largest absolute Gasteiger partial charge is 0.482 e. The topological polar surface area (TPSA) is 64.6 Å². The first-order valence-corrected chi connectivity index (χ1v) is 8.13. The van der Waals surface area contributed by atoms with Crippen LogP contribution in [0.1, 0.15) is 54.0 Å². The SMILES string of the molecule is CC(OC(=O)COc1ccc(C(C)(C)C)cc1)C(=O)NC(C)(C)C. The lowest BCUT2D eigenvalue weighted by Crippen LogP contribution is -2.46. The fourth-order valence-electron chi connectivity index (χ4n) is 1.95. The van der Waals surface area contributed by atoms with Gasteiger partial charge in [-0.05, 0) is 50.8 Å². The minimum Gasteiger partial charge on any atom is -0.482 e. The van der Waals surface area contributed by atoms with Gasteiger partial charge in [0, 0.05) is 5.54 Å². The first-order valence-electron chi connectivity index (χ1n) is 8.13. The number of ether oxygens (including phenoxy) is 2. The molecule has 0 saturated carbocycles. The zero-order valence-corrected chi connectivity index (χ0v) is 15.7. The van der Waals surface area contributed by atoms with Crippen molar-refractivity contribution in [3.8, 4) is 5.75 Å². The van der Waals surface area contributed by atoms with Crippen LogP contribution in [0.4, 0.5) is 0 Å². The van der Waals surface area contributed by atoms with Gasteiger partial charge in [0.25, 0.3) is 5.91 Å². The maximum absolute atomic E-state index is 11.9. The van der Waals surface area contributed by atoms with Crippen molar-refractivity contribution in [1.29, 1.82) is 0 Å². The predicted octanol–water partition coefficient (Wildman–Crippen LogP) is 3.21. The van der Waals surface area contributed by atoms with E-state index in [2.05, 4.69) is 26.1 Å². The number of benzene rings is 1. The Balaban J connectivity index is 2.47. The van der Waals surface area contributed by atoms with Gasteiger partial charge in [-0.1, -0.05) is 32.9 Å². The summed E-state index contributed by atoms with van der Waals surface area (Å²) >= 11 is 0. The molecule has 0 aliphatic heterocycles. The van der Waals surface area contributed by atoms with Gasteiger partial charge in [0.1, 0.15) is 5.75 Å². The zero-order valence-electron chi connectivity index (χ0n) is 15.7. The molecule has 0 aromatic heterocycles. The quantitative estimate of drug-likeness (QED) is 0.839. The second-order valence-corrected chi connectivity index (χ2v) is 7.93. The van der Waals surface area contributed by atoms with E-state index in [0.717, 1.165) is 0 Å². The molecular weight excluding hydrogens is 306 g/mol. The Morgan fingerprint density at radius 3 is 2.04 bits per heavy atom. The van der Waals surface area contributed by atoms with Gasteiger partial charge in [-0.15, -0.1) is 0 Å². The highest BCUT2D eigenvalue weighted by molar-refractivity contribution is 5.84. The van der Waals surface area contributed by atoms with Crippen LogP contribution in [0, 0.1) is 0 Å². The number of hydrogen-bond acceptors (Lipinski definition) is 4. The van der Waals surface area contributed by atoms with Gasteiger partial charge in [0.15, 0.2) is 12.7 Å². The molecular formula is C19H29NO4. The highest BCUT2D eigenvalue weighted by Crippen LogP contribution is 2.24. The van der Waals surface area contributed by atoms with Crippen LogP contribution in [0.3, 0.4) is 0 Å². The van der Waals surface area contributed by atoms with Crippen molar-refractivity contribution in [2.24, 2.45) is 0 Å². The minimum atomic E-state index is -0.858. The third-order valence-corrected chi connectivity index (χ3v) is 3.25. The molecule has 0 aliphatic rings. The Hall–Kier alpha value is -2.04. The summed E-state index contributed by atoms with van der Waals surface area (Å²) in [6, 6.07) is 7.59. The first kappa shape index (κ1) is 20.0. The number of carbonyl (C=O) groups excluding carboxylic acids is 2. The van der Waals surface area contributed by atoms with E-state index in [0.29, 0.717) is 5.75 Å². The van der Waals surface area contributed by atoms with Crippen molar-refractivity contribution in [3.05, 3.63) is 29.8 Å². The highest BCUT2D eigenvalue weighted by Gasteiger charge is 2.22. The lowest BCUT2D eigenvalue weighted by Gasteiger charge is -2.23. The van der Waals surface area contributed by atoms with Crippen molar-refractivity contribution in [1.82, 2.24) is 5.32 Å². The summed E-state index contributed by atoms with van der Waals surface area (Å²) in [4.78, 5) is 23.7. The van der Waals surface area contributed by atoms with Crippen LogP contribution in [0.15, 0.2) is 24.3 Å². The number of amides is 1. The van der Waals surface area contributed by atoms with Gasteiger partial charge in [-0.3, -0.25) is 4.79 Å². The second kappa shape index (κ2) is 7.69. The van der Waals surface area contributed by atoms with E-state index in [1.165, 1.54) is 12.5 Å². The summed E-state index contributed by atoms with van der Waals surface area (Å²) < 4.78 is 10.5. The van der Waals surface area contributed by atoms with Crippen LogP contribution >= 0.6 is 0 Å². The summed E-state index contributed by atoms with van der Waals surface area (Å²) in [6.45, 7) is 13.3. The molecule has 0 fully saturated rings. The van der Waals surface area contributed by atoms with Crippen molar-refractivity contribution < 1.29 is 19.1 Å². The Bertz CT molecular complexity index is 565. The fraction of sp³-hybridized carbons (Fsp3) is 0.579. The van der Waals surface area contributed by atoms with E-state index in [-0.39, 0.29) is 23.5 Å². The van der Waals surface area contributed by atoms with E-state index in [1.807, 2.05) is 45.0 Å². The van der Waals surface area contributed by atoms with Crippen molar-refractivity contribution in [2.75, 3.05) is 6.61 Å². The molecule has 0 radical (unpaired) electrons. The summed E-state index contributed by atoms with van der Waals surface area (Å²) in [5.74, 6) is -0.316.